The number of hydrogen-bond acceptors (Lipinski definition) is 1. The molecule has 0 aromatic carbocycles. The Morgan fingerprint density at radius 2 is 1.93 bits per heavy atom. The van der Waals surface area contributed by atoms with E-state index in [1.54, 1.807) is 0 Å². The van der Waals surface area contributed by atoms with E-state index < -0.39 is 0 Å². The van der Waals surface area contributed by atoms with Crippen LogP contribution in [-0.4, -0.2) is 6.04 Å². The highest BCUT2D eigenvalue weighted by Gasteiger charge is 2.23. The zero-order valence-corrected chi connectivity index (χ0v) is 11.1. The molecule has 1 rings (SSSR count). The minimum Gasteiger partial charge on any atom is -0.327 e. The first-order valence-corrected chi connectivity index (χ1v) is 6.65. The number of rotatable bonds is 3. The van der Waals surface area contributed by atoms with Crippen molar-refractivity contribution in [3.63, 3.8) is 0 Å². The molecular formula is C14H29N. The lowest BCUT2D eigenvalue weighted by atomic mass is 9.77. The molecule has 1 nitrogen and oxygen atoms in total. The molecule has 2 N–H and O–H groups in total. The van der Waals surface area contributed by atoms with Crippen LogP contribution >= 0.6 is 0 Å². The molecule has 1 saturated carbocycles. The predicted molar refractivity (Wildman–Crippen MR) is 67.8 cm³/mol. The Kier molecular flexibility index (Phi) is 4.64. The highest BCUT2D eigenvalue weighted by molar-refractivity contribution is 4.79. The van der Waals surface area contributed by atoms with Gasteiger partial charge in [-0.1, -0.05) is 47.0 Å². The second kappa shape index (κ2) is 5.34. The fraction of sp³-hybridized carbons (Fsp3) is 1.00. The predicted octanol–water partition coefficient (Wildman–Crippen LogP) is 3.97. The Morgan fingerprint density at radius 3 is 2.47 bits per heavy atom. The van der Waals surface area contributed by atoms with Crippen LogP contribution in [0.2, 0.25) is 0 Å². The summed E-state index contributed by atoms with van der Waals surface area (Å²) in [5.74, 6) is 1.91. The van der Waals surface area contributed by atoms with Crippen molar-refractivity contribution in [3.8, 4) is 0 Å². The Balaban J connectivity index is 2.24. The molecule has 15 heavy (non-hydrogen) atoms. The first kappa shape index (κ1) is 13.0. The van der Waals surface area contributed by atoms with E-state index in [0.717, 1.165) is 11.8 Å². The van der Waals surface area contributed by atoms with Crippen LogP contribution in [0.15, 0.2) is 0 Å². The second-order valence-electron chi connectivity index (χ2n) is 6.69. The first-order valence-electron chi connectivity index (χ1n) is 6.65. The molecular weight excluding hydrogens is 182 g/mol. The van der Waals surface area contributed by atoms with Crippen molar-refractivity contribution in [1.29, 1.82) is 0 Å². The van der Waals surface area contributed by atoms with Gasteiger partial charge in [0.05, 0.1) is 0 Å². The summed E-state index contributed by atoms with van der Waals surface area (Å²) in [4.78, 5) is 0. The van der Waals surface area contributed by atoms with Crippen LogP contribution in [0, 0.1) is 17.3 Å². The van der Waals surface area contributed by atoms with E-state index in [0.29, 0.717) is 6.04 Å². The highest BCUT2D eigenvalue weighted by Crippen LogP contribution is 2.33. The average Bonchev–Trinajstić information content (AvgIpc) is 2.12. The summed E-state index contributed by atoms with van der Waals surface area (Å²) in [6.07, 6.45) is 8.33. The Labute approximate surface area is 95.8 Å². The van der Waals surface area contributed by atoms with Gasteiger partial charge in [0.2, 0.25) is 0 Å². The lowest BCUT2D eigenvalue weighted by molar-refractivity contribution is 0.234. The van der Waals surface area contributed by atoms with E-state index >= 15 is 0 Å². The molecule has 0 aromatic rings. The number of hydrogen-bond donors (Lipinski definition) is 1. The third-order valence-corrected chi connectivity index (χ3v) is 4.04. The number of nitrogens with two attached hydrogens (primary N) is 1. The van der Waals surface area contributed by atoms with Gasteiger partial charge in [0.1, 0.15) is 0 Å². The molecule has 0 radical (unpaired) electrons. The molecule has 0 aromatic heterocycles. The van der Waals surface area contributed by atoms with Crippen molar-refractivity contribution < 1.29 is 0 Å². The maximum atomic E-state index is 6.20. The molecule has 1 aliphatic carbocycles. The Morgan fingerprint density at radius 1 is 1.27 bits per heavy atom. The van der Waals surface area contributed by atoms with Crippen LogP contribution in [0.25, 0.3) is 0 Å². The third kappa shape index (κ3) is 4.55. The van der Waals surface area contributed by atoms with E-state index in [9.17, 15) is 0 Å². The van der Waals surface area contributed by atoms with Crippen LogP contribution in [0.1, 0.15) is 66.2 Å². The van der Waals surface area contributed by atoms with Crippen molar-refractivity contribution in [3.05, 3.63) is 0 Å². The van der Waals surface area contributed by atoms with Gasteiger partial charge in [-0.2, -0.15) is 0 Å². The minimum atomic E-state index is 0.278. The fourth-order valence-electron chi connectivity index (χ4n) is 2.67. The van der Waals surface area contributed by atoms with Crippen LogP contribution < -0.4 is 5.73 Å². The van der Waals surface area contributed by atoms with Crippen LogP contribution in [0.4, 0.5) is 0 Å². The monoisotopic (exact) mass is 211 g/mol. The van der Waals surface area contributed by atoms with Gasteiger partial charge < -0.3 is 5.73 Å². The van der Waals surface area contributed by atoms with Crippen molar-refractivity contribution >= 4 is 0 Å². The van der Waals surface area contributed by atoms with Crippen molar-refractivity contribution in [2.45, 2.75) is 72.3 Å². The summed E-state index contributed by atoms with van der Waals surface area (Å²) in [5, 5.41) is 0. The molecule has 90 valence electrons. The molecule has 3 unspecified atom stereocenters. The van der Waals surface area contributed by atoms with Crippen molar-refractivity contribution in [2.24, 2.45) is 23.0 Å². The molecule has 0 spiro atoms. The lowest BCUT2D eigenvalue weighted by Gasteiger charge is -2.31. The average molecular weight is 211 g/mol. The van der Waals surface area contributed by atoms with Gasteiger partial charge in [-0.05, 0) is 36.5 Å². The molecule has 0 amide bonds. The largest absolute Gasteiger partial charge is 0.327 e. The molecule has 1 aliphatic rings. The van der Waals surface area contributed by atoms with E-state index in [4.69, 9.17) is 5.73 Å². The minimum absolute atomic E-state index is 0.278. The van der Waals surface area contributed by atoms with Crippen LogP contribution in [0.5, 0.6) is 0 Å². The quantitative estimate of drug-likeness (QED) is 0.751. The molecule has 0 saturated heterocycles. The fourth-order valence-corrected chi connectivity index (χ4v) is 2.67. The summed E-state index contributed by atoms with van der Waals surface area (Å²) < 4.78 is 0. The molecule has 3 atom stereocenters. The molecule has 0 heterocycles. The van der Waals surface area contributed by atoms with Gasteiger partial charge in [0.15, 0.2) is 0 Å². The van der Waals surface area contributed by atoms with E-state index in [-0.39, 0.29) is 5.41 Å². The maximum Gasteiger partial charge on any atom is 0.00877 e. The van der Waals surface area contributed by atoms with Crippen LogP contribution in [0.3, 0.4) is 0 Å². The van der Waals surface area contributed by atoms with Gasteiger partial charge in [0.25, 0.3) is 0 Å². The molecule has 0 aliphatic heterocycles. The third-order valence-electron chi connectivity index (χ3n) is 4.04. The smallest absolute Gasteiger partial charge is 0.00877 e. The maximum absolute atomic E-state index is 6.20. The molecule has 1 heteroatoms. The zero-order chi connectivity index (χ0) is 11.5. The summed E-state index contributed by atoms with van der Waals surface area (Å²) >= 11 is 0. The Hall–Kier alpha value is -0.0400. The van der Waals surface area contributed by atoms with Gasteiger partial charge in [-0.3, -0.25) is 0 Å². The van der Waals surface area contributed by atoms with Crippen molar-refractivity contribution in [2.75, 3.05) is 0 Å². The van der Waals surface area contributed by atoms with E-state index in [1.165, 1.54) is 38.5 Å². The molecule has 1 fully saturated rings. The normalized spacial score (nSPS) is 30.2. The summed E-state index contributed by atoms with van der Waals surface area (Å²) in [5.41, 5.74) is 6.48. The topological polar surface area (TPSA) is 26.0 Å². The van der Waals surface area contributed by atoms with E-state index in [1.807, 2.05) is 0 Å². The summed E-state index contributed by atoms with van der Waals surface area (Å²) in [7, 11) is 0. The summed E-state index contributed by atoms with van der Waals surface area (Å²) in [6, 6.07) is 0.370. The van der Waals surface area contributed by atoms with Gasteiger partial charge in [-0.15, -0.1) is 0 Å². The van der Waals surface area contributed by atoms with Crippen LogP contribution in [-0.2, 0) is 0 Å². The second-order valence-corrected chi connectivity index (χ2v) is 6.69. The van der Waals surface area contributed by atoms with Crippen molar-refractivity contribution in [1.82, 2.24) is 0 Å². The first-order chi connectivity index (χ1) is 6.89. The highest BCUT2D eigenvalue weighted by atomic mass is 14.7. The SMILES string of the molecule is CC1CCCC(CCC(N)C(C)(C)C)C1. The standard InChI is InChI=1S/C14H29N/c1-11-6-5-7-12(10-11)8-9-13(15)14(2,3)4/h11-13H,5-10,15H2,1-4H3. The van der Waals surface area contributed by atoms with Gasteiger partial charge in [0, 0.05) is 6.04 Å². The summed E-state index contributed by atoms with van der Waals surface area (Å²) in [6.45, 7) is 9.15. The lowest BCUT2D eigenvalue weighted by Crippen LogP contribution is -2.35. The molecule has 0 bridgehead atoms. The van der Waals surface area contributed by atoms with Gasteiger partial charge in [-0.25, -0.2) is 0 Å². The zero-order valence-electron chi connectivity index (χ0n) is 11.1. The Bertz CT molecular complexity index is 180. The van der Waals surface area contributed by atoms with Gasteiger partial charge >= 0.3 is 0 Å². The van der Waals surface area contributed by atoms with E-state index in [2.05, 4.69) is 27.7 Å².